The Morgan fingerprint density at radius 1 is 1.15 bits per heavy atom. The minimum absolute atomic E-state index is 0.100. The summed E-state index contributed by atoms with van der Waals surface area (Å²) in [6.07, 6.45) is 2.65. The van der Waals surface area contributed by atoms with Gasteiger partial charge < -0.3 is 14.6 Å². The van der Waals surface area contributed by atoms with E-state index in [0.717, 1.165) is 11.3 Å². The van der Waals surface area contributed by atoms with Gasteiger partial charge in [-0.25, -0.2) is 4.98 Å². The third kappa shape index (κ3) is 5.17. The summed E-state index contributed by atoms with van der Waals surface area (Å²) in [5.74, 6) is -0.261. The molecule has 0 radical (unpaired) electrons. The van der Waals surface area contributed by atoms with E-state index in [9.17, 15) is 9.59 Å². The molecular formula is C26H29N5O3. The van der Waals surface area contributed by atoms with Crippen molar-refractivity contribution in [3.05, 3.63) is 83.5 Å². The fourth-order valence-corrected chi connectivity index (χ4v) is 4.09. The van der Waals surface area contributed by atoms with Crippen LogP contribution in [0.25, 0.3) is 11.1 Å². The van der Waals surface area contributed by atoms with Crippen LogP contribution >= 0.6 is 0 Å². The number of oxazole rings is 1. The Kier molecular flexibility index (Phi) is 7.06. The summed E-state index contributed by atoms with van der Waals surface area (Å²) in [5.41, 5.74) is 4.32. The van der Waals surface area contributed by atoms with Crippen LogP contribution in [0.5, 0.6) is 0 Å². The molecule has 0 aliphatic rings. The minimum Gasteiger partial charge on any atom is -0.443 e. The zero-order chi connectivity index (χ0) is 24.1. The molecule has 0 saturated carbocycles. The summed E-state index contributed by atoms with van der Waals surface area (Å²) in [6, 6.07) is 17.0. The SMILES string of the molecule is CCn1nc(C)cc1C(=O)NCCC(Cc1ccccc1)N(C)C(=O)c1ccc2ocnc2c1. The van der Waals surface area contributed by atoms with E-state index < -0.39 is 0 Å². The van der Waals surface area contributed by atoms with Crippen molar-refractivity contribution in [2.75, 3.05) is 13.6 Å². The summed E-state index contributed by atoms with van der Waals surface area (Å²) in [5, 5.41) is 7.34. The zero-order valence-electron chi connectivity index (χ0n) is 19.7. The van der Waals surface area contributed by atoms with Crippen LogP contribution in [-0.4, -0.2) is 51.1 Å². The van der Waals surface area contributed by atoms with Gasteiger partial charge in [0.2, 0.25) is 0 Å². The number of hydrogen-bond donors (Lipinski definition) is 1. The van der Waals surface area contributed by atoms with E-state index in [4.69, 9.17) is 4.42 Å². The van der Waals surface area contributed by atoms with E-state index in [2.05, 4.69) is 15.4 Å². The maximum atomic E-state index is 13.3. The lowest BCUT2D eigenvalue weighted by Crippen LogP contribution is -2.41. The van der Waals surface area contributed by atoms with E-state index in [0.29, 0.717) is 48.3 Å². The van der Waals surface area contributed by atoms with Crippen LogP contribution in [0.3, 0.4) is 0 Å². The Hall–Kier alpha value is -3.94. The Morgan fingerprint density at radius 3 is 2.71 bits per heavy atom. The van der Waals surface area contributed by atoms with Gasteiger partial charge in [0.25, 0.3) is 11.8 Å². The highest BCUT2D eigenvalue weighted by Gasteiger charge is 2.23. The van der Waals surface area contributed by atoms with Gasteiger partial charge in [0, 0.05) is 31.7 Å². The number of amides is 2. The smallest absolute Gasteiger partial charge is 0.269 e. The van der Waals surface area contributed by atoms with Crippen LogP contribution in [0.15, 0.2) is 65.4 Å². The molecule has 0 fully saturated rings. The van der Waals surface area contributed by atoms with Crippen LogP contribution < -0.4 is 5.32 Å². The van der Waals surface area contributed by atoms with Gasteiger partial charge in [-0.3, -0.25) is 14.3 Å². The third-order valence-electron chi connectivity index (χ3n) is 5.96. The molecule has 0 bridgehead atoms. The second kappa shape index (κ2) is 10.3. The first-order valence-corrected chi connectivity index (χ1v) is 11.4. The first-order chi connectivity index (χ1) is 16.5. The number of benzene rings is 2. The topological polar surface area (TPSA) is 93.3 Å². The number of carbonyl (C=O) groups is 2. The molecule has 0 aliphatic carbocycles. The summed E-state index contributed by atoms with van der Waals surface area (Å²) in [7, 11) is 1.81. The van der Waals surface area contributed by atoms with Gasteiger partial charge in [0.15, 0.2) is 12.0 Å². The second-order valence-electron chi connectivity index (χ2n) is 8.33. The van der Waals surface area contributed by atoms with Crippen molar-refractivity contribution in [1.82, 2.24) is 25.0 Å². The van der Waals surface area contributed by atoms with Crippen molar-refractivity contribution in [2.45, 2.75) is 39.3 Å². The number of nitrogens with zero attached hydrogens (tertiary/aromatic N) is 4. The van der Waals surface area contributed by atoms with Gasteiger partial charge in [-0.1, -0.05) is 30.3 Å². The fraction of sp³-hybridized carbons (Fsp3) is 0.308. The molecule has 34 heavy (non-hydrogen) atoms. The average Bonchev–Trinajstić information content (AvgIpc) is 3.48. The van der Waals surface area contributed by atoms with Crippen LogP contribution in [-0.2, 0) is 13.0 Å². The van der Waals surface area contributed by atoms with Crippen LogP contribution in [0.4, 0.5) is 0 Å². The first kappa shape index (κ1) is 23.2. The number of hydrogen-bond acceptors (Lipinski definition) is 5. The van der Waals surface area contributed by atoms with Crippen LogP contribution in [0.1, 0.15) is 45.4 Å². The van der Waals surface area contributed by atoms with E-state index in [-0.39, 0.29) is 17.9 Å². The maximum absolute atomic E-state index is 13.3. The number of nitrogens with one attached hydrogen (secondary N) is 1. The molecule has 0 aliphatic heterocycles. The van der Waals surface area contributed by atoms with E-state index in [1.807, 2.05) is 44.2 Å². The van der Waals surface area contributed by atoms with Gasteiger partial charge >= 0.3 is 0 Å². The molecule has 1 unspecified atom stereocenters. The molecular weight excluding hydrogens is 430 g/mol. The fourth-order valence-electron chi connectivity index (χ4n) is 4.09. The monoisotopic (exact) mass is 459 g/mol. The maximum Gasteiger partial charge on any atom is 0.269 e. The van der Waals surface area contributed by atoms with Crippen LogP contribution in [0, 0.1) is 6.92 Å². The molecule has 8 nitrogen and oxygen atoms in total. The Bertz CT molecular complexity index is 1280. The normalized spacial score (nSPS) is 12.0. The molecule has 0 spiro atoms. The molecule has 1 N–H and O–H groups in total. The molecule has 4 rings (SSSR count). The second-order valence-corrected chi connectivity index (χ2v) is 8.33. The van der Waals surface area contributed by atoms with Gasteiger partial charge in [0.1, 0.15) is 11.2 Å². The molecule has 8 heteroatoms. The summed E-state index contributed by atoms with van der Waals surface area (Å²) < 4.78 is 6.98. The van der Waals surface area contributed by atoms with Crippen molar-refractivity contribution in [3.8, 4) is 0 Å². The highest BCUT2D eigenvalue weighted by Crippen LogP contribution is 2.18. The molecule has 2 aromatic heterocycles. The lowest BCUT2D eigenvalue weighted by atomic mass is 10.0. The first-order valence-electron chi connectivity index (χ1n) is 11.4. The number of rotatable bonds is 9. The molecule has 2 amide bonds. The number of fused-ring (bicyclic) bond motifs is 1. The standard InChI is InChI=1S/C26H29N5O3/c1-4-31-23(14-18(2)29-31)25(32)27-13-12-21(15-19-8-6-5-7-9-19)30(3)26(33)20-10-11-24-22(16-20)28-17-34-24/h5-11,14,16-17,21H,4,12-13,15H2,1-3H3,(H,27,32). The van der Waals surface area contributed by atoms with Gasteiger partial charge in [-0.2, -0.15) is 5.10 Å². The zero-order valence-corrected chi connectivity index (χ0v) is 19.7. The Labute approximate surface area is 198 Å². The highest BCUT2D eigenvalue weighted by molar-refractivity contribution is 5.97. The van der Waals surface area contributed by atoms with Crippen molar-refractivity contribution >= 4 is 22.9 Å². The van der Waals surface area contributed by atoms with Gasteiger partial charge in [0.05, 0.1) is 5.69 Å². The van der Waals surface area contributed by atoms with E-state index >= 15 is 0 Å². The number of aromatic nitrogens is 3. The van der Waals surface area contributed by atoms with Gasteiger partial charge in [-0.05, 0) is 56.5 Å². The average molecular weight is 460 g/mol. The molecule has 2 aromatic carbocycles. The summed E-state index contributed by atoms with van der Waals surface area (Å²) in [4.78, 5) is 32.0. The predicted molar refractivity (Wildman–Crippen MR) is 130 cm³/mol. The quantitative estimate of drug-likeness (QED) is 0.410. The number of likely N-dealkylation sites (N-methyl/N-ethyl adjacent to an activating group) is 1. The Balaban J connectivity index is 1.47. The molecule has 1 atom stereocenters. The lowest BCUT2D eigenvalue weighted by molar-refractivity contribution is 0.0723. The highest BCUT2D eigenvalue weighted by atomic mass is 16.3. The lowest BCUT2D eigenvalue weighted by Gasteiger charge is -2.29. The van der Waals surface area contributed by atoms with E-state index in [1.54, 1.807) is 40.9 Å². The predicted octanol–water partition coefficient (Wildman–Crippen LogP) is 3.86. The number of carbonyl (C=O) groups excluding carboxylic acids is 2. The summed E-state index contributed by atoms with van der Waals surface area (Å²) in [6.45, 7) is 4.89. The van der Waals surface area contributed by atoms with Crippen LogP contribution in [0.2, 0.25) is 0 Å². The molecule has 2 heterocycles. The van der Waals surface area contributed by atoms with Crippen molar-refractivity contribution < 1.29 is 14.0 Å². The number of aryl methyl sites for hydroxylation is 2. The van der Waals surface area contributed by atoms with Gasteiger partial charge in [-0.15, -0.1) is 0 Å². The van der Waals surface area contributed by atoms with Crippen molar-refractivity contribution in [3.63, 3.8) is 0 Å². The molecule has 4 aromatic rings. The van der Waals surface area contributed by atoms with E-state index in [1.165, 1.54) is 6.39 Å². The largest absolute Gasteiger partial charge is 0.443 e. The minimum atomic E-state index is -0.161. The Morgan fingerprint density at radius 2 is 1.94 bits per heavy atom. The third-order valence-corrected chi connectivity index (χ3v) is 5.96. The summed E-state index contributed by atoms with van der Waals surface area (Å²) >= 11 is 0. The molecule has 176 valence electrons. The molecule has 0 saturated heterocycles. The van der Waals surface area contributed by atoms with Crippen molar-refractivity contribution in [2.24, 2.45) is 0 Å². The van der Waals surface area contributed by atoms with Crippen molar-refractivity contribution in [1.29, 1.82) is 0 Å².